The van der Waals surface area contributed by atoms with E-state index < -0.39 is 18.8 Å². The van der Waals surface area contributed by atoms with Crippen molar-refractivity contribution >= 4 is 10.9 Å². The maximum atomic E-state index is 12.2. The number of aromatic nitrogens is 1. The van der Waals surface area contributed by atoms with Gasteiger partial charge in [-0.25, -0.2) is 0 Å². The highest BCUT2D eigenvalue weighted by atomic mass is 19.4. The largest absolute Gasteiger partial charge is 0.415 e. The van der Waals surface area contributed by atoms with Crippen LogP contribution >= 0.6 is 0 Å². The minimum Gasteiger partial charge on any atom is -0.382 e. The van der Waals surface area contributed by atoms with Crippen LogP contribution in [-0.2, 0) is 13.6 Å². The molecule has 0 radical (unpaired) electrons. The molecule has 0 spiro atoms. The Hall–Kier alpha value is -1.53. The van der Waals surface area contributed by atoms with Crippen LogP contribution < -0.4 is 5.32 Å². The predicted molar refractivity (Wildman–Crippen MR) is 71.4 cm³/mol. The van der Waals surface area contributed by atoms with Gasteiger partial charge in [0.25, 0.3) is 0 Å². The molecular formula is C14H17F3N2O. The van der Waals surface area contributed by atoms with Gasteiger partial charge in [-0.2, -0.15) is 13.2 Å². The predicted octanol–water partition coefficient (Wildman–Crippen LogP) is 2.50. The molecule has 3 nitrogen and oxygen atoms in total. The van der Waals surface area contributed by atoms with E-state index in [4.69, 9.17) is 5.11 Å². The molecule has 0 saturated carbocycles. The zero-order chi connectivity index (χ0) is 14.9. The maximum absolute atomic E-state index is 12.2. The topological polar surface area (TPSA) is 37.2 Å². The average molecular weight is 286 g/mol. The second kappa shape index (κ2) is 5.46. The summed E-state index contributed by atoms with van der Waals surface area (Å²) in [5.41, 5.74) is 3.00. The average Bonchev–Trinajstić information content (AvgIpc) is 2.63. The lowest BCUT2D eigenvalue weighted by atomic mass is 10.1. The number of para-hydroxylation sites is 1. The molecule has 1 aromatic heterocycles. The first kappa shape index (κ1) is 14.9. The third-order valence-electron chi connectivity index (χ3n) is 3.52. The number of nitrogens with one attached hydrogen (secondary N) is 1. The summed E-state index contributed by atoms with van der Waals surface area (Å²) in [5.74, 6) is 0. The molecule has 110 valence electrons. The van der Waals surface area contributed by atoms with E-state index in [1.165, 1.54) is 0 Å². The number of alkyl halides is 3. The summed E-state index contributed by atoms with van der Waals surface area (Å²) in [6.07, 6.45) is -6.92. The monoisotopic (exact) mass is 286 g/mol. The van der Waals surface area contributed by atoms with Gasteiger partial charge in [0.05, 0.1) is 0 Å². The maximum Gasteiger partial charge on any atom is 0.415 e. The molecule has 0 bridgehead atoms. The lowest BCUT2D eigenvalue weighted by Crippen LogP contribution is -2.38. The van der Waals surface area contributed by atoms with Crippen molar-refractivity contribution in [2.75, 3.05) is 6.54 Å². The highest BCUT2D eigenvalue weighted by Crippen LogP contribution is 2.24. The Morgan fingerprint density at radius 1 is 1.30 bits per heavy atom. The molecule has 6 heteroatoms. The Kier molecular flexibility index (Phi) is 4.06. The molecule has 0 saturated heterocycles. The summed E-state index contributed by atoms with van der Waals surface area (Å²) >= 11 is 0. The first-order chi connectivity index (χ1) is 9.32. The van der Waals surface area contributed by atoms with Crippen molar-refractivity contribution < 1.29 is 18.3 Å². The number of halogens is 3. The molecule has 2 aromatic rings. The molecular weight excluding hydrogens is 269 g/mol. The highest BCUT2D eigenvalue weighted by molar-refractivity contribution is 5.85. The Labute approximate surface area is 115 Å². The molecule has 1 aromatic carbocycles. The van der Waals surface area contributed by atoms with Crippen LogP contribution in [-0.4, -0.2) is 28.5 Å². The minimum atomic E-state index is -4.58. The fraction of sp³-hybridized carbons (Fsp3) is 0.429. The van der Waals surface area contributed by atoms with Crippen molar-refractivity contribution in [1.29, 1.82) is 0 Å². The number of aliphatic hydroxyl groups is 1. The number of rotatable bonds is 4. The molecule has 0 aliphatic heterocycles. The molecule has 0 aliphatic carbocycles. The Balaban J connectivity index is 2.11. The van der Waals surface area contributed by atoms with E-state index >= 15 is 0 Å². The van der Waals surface area contributed by atoms with Crippen molar-refractivity contribution in [3.8, 4) is 0 Å². The van der Waals surface area contributed by atoms with Gasteiger partial charge in [-0.15, -0.1) is 0 Å². The van der Waals surface area contributed by atoms with Crippen molar-refractivity contribution in [2.24, 2.45) is 7.05 Å². The van der Waals surface area contributed by atoms with Crippen LogP contribution in [0.3, 0.4) is 0 Å². The standard InChI is InChI=1S/C14H17F3N2O/c1-9-10-5-3-4-6-11(10)19(2)12(9)7-18-8-13(20)14(15,16)17/h3-6,13,18,20H,7-8H2,1-2H3. The van der Waals surface area contributed by atoms with Crippen LogP contribution in [0.15, 0.2) is 24.3 Å². The van der Waals surface area contributed by atoms with Gasteiger partial charge >= 0.3 is 6.18 Å². The van der Waals surface area contributed by atoms with Gasteiger partial charge in [0, 0.05) is 36.7 Å². The number of fused-ring (bicyclic) bond motifs is 1. The van der Waals surface area contributed by atoms with E-state index in [0.717, 1.165) is 22.2 Å². The van der Waals surface area contributed by atoms with Gasteiger partial charge in [0.2, 0.25) is 0 Å². The van der Waals surface area contributed by atoms with E-state index in [-0.39, 0.29) is 6.54 Å². The smallest absolute Gasteiger partial charge is 0.382 e. The third-order valence-corrected chi connectivity index (χ3v) is 3.52. The van der Waals surface area contributed by atoms with Gasteiger partial charge in [-0.1, -0.05) is 18.2 Å². The number of nitrogens with zero attached hydrogens (tertiary/aromatic N) is 1. The van der Waals surface area contributed by atoms with Crippen molar-refractivity contribution in [1.82, 2.24) is 9.88 Å². The fourth-order valence-electron chi connectivity index (χ4n) is 2.33. The summed E-state index contributed by atoms with van der Waals surface area (Å²) in [6.45, 7) is 1.72. The van der Waals surface area contributed by atoms with Gasteiger partial charge in [0.1, 0.15) is 0 Å². The van der Waals surface area contributed by atoms with Crippen molar-refractivity contribution in [3.05, 3.63) is 35.5 Å². The zero-order valence-electron chi connectivity index (χ0n) is 11.3. The number of aliphatic hydroxyl groups excluding tert-OH is 1. The van der Waals surface area contributed by atoms with E-state index in [1.807, 2.05) is 42.8 Å². The van der Waals surface area contributed by atoms with Crippen LogP contribution in [0.25, 0.3) is 10.9 Å². The number of hydrogen-bond donors (Lipinski definition) is 2. The lowest BCUT2D eigenvalue weighted by Gasteiger charge is -2.15. The van der Waals surface area contributed by atoms with E-state index in [9.17, 15) is 13.2 Å². The summed E-state index contributed by atoms with van der Waals surface area (Å²) < 4.78 is 38.6. The number of benzene rings is 1. The molecule has 0 aliphatic rings. The quantitative estimate of drug-likeness (QED) is 0.906. The van der Waals surface area contributed by atoms with Crippen LogP contribution in [0.5, 0.6) is 0 Å². The normalized spacial score (nSPS) is 13.9. The van der Waals surface area contributed by atoms with Crippen molar-refractivity contribution in [3.63, 3.8) is 0 Å². The van der Waals surface area contributed by atoms with Gasteiger partial charge in [-0.3, -0.25) is 0 Å². The van der Waals surface area contributed by atoms with Gasteiger partial charge in [0.15, 0.2) is 6.10 Å². The first-order valence-electron chi connectivity index (χ1n) is 6.30. The third kappa shape index (κ3) is 2.81. The van der Waals surface area contributed by atoms with E-state index in [0.29, 0.717) is 0 Å². The minimum absolute atomic E-state index is 0.282. The molecule has 0 fully saturated rings. The molecule has 20 heavy (non-hydrogen) atoms. The van der Waals surface area contributed by atoms with E-state index in [1.54, 1.807) is 0 Å². The SMILES string of the molecule is Cc1c(CNCC(O)C(F)(F)F)n(C)c2ccccc12. The Morgan fingerprint density at radius 2 is 1.95 bits per heavy atom. The lowest BCUT2D eigenvalue weighted by molar-refractivity contribution is -0.201. The summed E-state index contributed by atoms with van der Waals surface area (Å²) in [7, 11) is 1.88. The molecule has 1 atom stereocenters. The first-order valence-corrected chi connectivity index (χ1v) is 6.30. The van der Waals surface area contributed by atoms with Crippen LogP contribution in [0.1, 0.15) is 11.3 Å². The molecule has 2 rings (SSSR count). The van der Waals surface area contributed by atoms with Crippen molar-refractivity contribution in [2.45, 2.75) is 25.7 Å². The second-order valence-corrected chi connectivity index (χ2v) is 4.84. The molecule has 2 N–H and O–H groups in total. The van der Waals surface area contributed by atoms with Crippen LogP contribution in [0.2, 0.25) is 0 Å². The Bertz CT molecular complexity index is 565. The Morgan fingerprint density at radius 3 is 2.55 bits per heavy atom. The summed E-state index contributed by atoms with van der Waals surface area (Å²) in [5, 5.41) is 12.7. The molecule has 1 heterocycles. The summed E-state index contributed by atoms with van der Waals surface area (Å²) in [4.78, 5) is 0. The molecule has 1 unspecified atom stereocenters. The second-order valence-electron chi connectivity index (χ2n) is 4.84. The number of aryl methyl sites for hydroxylation is 2. The van der Waals surface area contributed by atoms with Crippen LogP contribution in [0.4, 0.5) is 13.2 Å². The van der Waals surface area contributed by atoms with Crippen LogP contribution in [0, 0.1) is 6.92 Å². The van der Waals surface area contributed by atoms with Gasteiger partial charge < -0.3 is 15.0 Å². The van der Waals surface area contributed by atoms with E-state index in [2.05, 4.69) is 5.32 Å². The zero-order valence-corrected chi connectivity index (χ0v) is 11.3. The molecule has 0 amide bonds. The fourth-order valence-corrected chi connectivity index (χ4v) is 2.33. The highest BCUT2D eigenvalue weighted by Gasteiger charge is 2.37. The number of hydrogen-bond acceptors (Lipinski definition) is 2. The summed E-state index contributed by atoms with van der Waals surface area (Å²) in [6, 6.07) is 7.81. The van der Waals surface area contributed by atoms with Gasteiger partial charge in [-0.05, 0) is 18.6 Å².